The fourth-order valence-electron chi connectivity index (χ4n) is 2.27. The minimum atomic E-state index is -0.389. The highest BCUT2D eigenvalue weighted by molar-refractivity contribution is 9.10. The van der Waals surface area contributed by atoms with E-state index in [1.807, 2.05) is 41.0 Å². The number of benzene rings is 1. The lowest BCUT2D eigenvalue weighted by Crippen LogP contribution is -2.16. The minimum absolute atomic E-state index is 0.304. The number of methoxy groups -OCH3 is 1. The fourth-order valence-corrected chi connectivity index (χ4v) is 3.45. The summed E-state index contributed by atoms with van der Waals surface area (Å²) in [5.41, 5.74) is 1.10. The second-order valence-corrected chi connectivity index (χ2v) is 7.35. The Bertz CT molecular complexity index is 863. The third-order valence-corrected chi connectivity index (χ3v) is 4.99. The summed E-state index contributed by atoms with van der Waals surface area (Å²) in [5.74, 6) is 0.906. The van der Waals surface area contributed by atoms with Crippen LogP contribution in [-0.2, 0) is 16.1 Å². The van der Waals surface area contributed by atoms with E-state index >= 15 is 0 Å². The van der Waals surface area contributed by atoms with Crippen molar-refractivity contribution in [2.45, 2.75) is 23.9 Å². The monoisotopic (exact) mass is 421 g/mol. The number of ether oxygens (including phenoxy) is 1. The normalized spacial score (nSPS) is 12.1. The Morgan fingerprint density at radius 3 is 2.68 bits per heavy atom. The molecule has 0 amide bonds. The van der Waals surface area contributed by atoms with Crippen molar-refractivity contribution in [2.75, 3.05) is 7.11 Å². The van der Waals surface area contributed by atoms with Crippen molar-refractivity contribution in [3.05, 3.63) is 52.7 Å². The molecule has 3 rings (SSSR count). The second kappa shape index (κ2) is 7.88. The lowest BCUT2D eigenvalue weighted by molar-refractivity contribution is -0.139. The topological polar surface area (TPSA) is 70.2 Å². The van der Waals surface area contributed by atoms with E-state index in [1.165, 1.54) is 18.9 Å². The molecule has 1 unspecified atom stereocenters. The average Bonchev–Trinajstić information content (AvgIpc) is 3.21. The molecule has 6 nitrogen and oxygen atoms in total. The summed E-state index contributed by atoms with van der Waals surface area (Å²) in [6.45, 7) is 2.35. The number of nitrogens with zero attached hydrogens (tertiary/aromatic N) is 3. The van der Waals surface area contributed by atoms with Gasteiger partial charge in [0.2, 0.25) is 5.82 Å². The maximum Gasteiger partial charge on any atom is 0.318 e. The summed E-state index contributed by atoms with van der Waals surface area (Å²) in [6, 6.07) is 13.6. The third-order valence-electron chi connectivity index (χ3n) is 3.51. The van der Waals surface area contributed by atoms with Crippen LogP contribution in [0.2, 0.25) is 0 Å². The van der Waals surface area contributed by atoms with Crippen LogP contribution in [0.1, 0.15) is 12.5 Å². The Morgan fingerprint density at radius 2 is 2.04 bits per heavy atom. The minimum Gasteiger partial charge on any atom is -0.468 e. The fraction of sp³-hybridized carbons (Fsp3) is 0.235. The molecule has 0 fully saturated rings. The van der Waals surface area contributed by atoms with Crippen LogP contribution in [0, 0.1) is 0 Å². The Labute approximate surface area is 157 Å². The number of aromatic nitrogens is 3. The van der Waals surface area contributed by atoms with Crippen molar-refractivity contribution in [3.8, 4) is 11.6 Å². The molecule has 0 saturated heterocycles. The maximum atomic E-state index is 11.7. The highest BCUT2D eigenvalue weighted by Crippen LogP contribution is 2.30. The Hall–Kier alpha value is -2.06. The molecule has 25 heavy (non-hydrogen) atoms. The van der Waals surface area contributed by atoms with Crippen molar-refractivity contribution in [1.82, 2.24) is 14.8 Å². The van der Waals surface area contributed by atoms with Crippen molar-refractivity contribution < 1.29 is 13.9 Å². The van der Waals surface area contributed by atoms with Crippen LogP contribution in [0.25, 0.3) is 11.6 Å². The number of esters is 1. The van der Waals surface area contributed by atoms with Crippen LogP contribution in [-0.4, -0.2) is 33.1 Å². The quantitative estimate of drug-likeness (QED) is 0.442. The Morgan fingerprint density at radius 1 is 1.28 bits per heavy atom. The van der Waals surface area contributed by atoms with Gasteiger partial charge in [-0.05, 0) is 40.5 Å². The van der Waals surface area contributed by atoms with Gasteiger partial charge < -0.3 is 9.15 Å². The molecule has 0 aliphatic heterocycles. The average molecular weight is 422 g/mol. The number of furan rings is 1. The van der Waals surface area contributed by atoms with Gasteiger partial charge in [0, 0.05) is 0 Å². The first kappa shape index (κ1) is 17.8. The van der Waals surface area contributed by atoms with Crippen LogP contribution in [0.4, 0.5) is 0 Å². The first-order valence-electron chi connectivity index (χ1n) is 7.56. The van der Waals surface area contributed by atoms with Crippen molar-refractivity contribution >= 4 is 33.7 Å². The first-order valence-corrected chi connectivity index (χ1v) is 9.23. The van der Waals surface area contributed by atoms with E-state index in [-0.39, 0.29) is 11.2 Å². The highest BCUT2D eigenvalue weighted by Gasteiger charge is 2.22. The van der Waals surface area contributed by atoms with E-state index in [4.69, 9.17) is 9.15 Å². The lowest BCUT2D eigenvalue weighted by Gasteiger charge is -2.11. The van der Waals surface area contributed by atoms with E-state index in [0.29, 0.717) is 28.0 Å². The van der Waals surface area contributed by atoms with Gasteiger partial charge >= 0.3 is 5.97 Å². The molecule has 1 atom stereocenters. The smallest absolute Gasteiger partial charge is 0.318 e. The second-order valence-electron chi connectivity index (χ2n) is 5.26. The van der Waals surface area contributed by atoms with Crippen molar-refractivity contribution in [2.24, 2.45) is 0 Å². The van der Waals surface area contributed by atoms with E-state index < -0.39 is 0 Å². The molecule has 130 valence electrons. The molecule has 0 aliphatic carbocycles. The molecule has 8 heteroatoms. The number of carbonyl (C=O) groups is 1. The molecule has 0 radical (unpaired) electrons. The standard InChI is InChI=1S/C17H16BrN3O3S/c1-11(16(22)23-2)25-17-20-19-15(13-8-9-14(18)24-13)21(17)10-12-6-4-3-5-7-12/h3-9,11H,10H2,1-2H3. The van der Waals surface area contributed by atoms with Gasteiger partial charge in [0.25, 0.3) is 0 Å². The van der Waals surface area contributed by atoms with Crippen LogP contribution < -0.4 is 0 Å². The van der Waals surface area contributed by atoms with Gasteiger partial charge in [0.05, 0.1) is 13.7 Å². The molecule has 0 spiro atoms. The van der Waals surface area contributed by atoms with Gasteiger partial charge in [-0.3, -0.25) is 9.36 Å². The summed E-state index contributed by atoms with van der Waals surface area (Å²) in [7, 11) is 1.37. The molecule has 0 bridgehead atoms. The highest BCUT2D eigenvalue weighted by atomic mass is 79.9. The SMILES string of the molecule is COC(=O)C(C)Sc1nnc(-c2ccc(Br)o2)n1Cc1ccccc1. The van der Waals surface area contributed by atoms with E-state index in [0.717, 1.165) is 5.56 Å². The van der Waals surface area contributed by atoms with Gasteiger partial charge in [-0.25, -0.2) is 0 Å². The molecular weight excluding hydrogens is 406 g/mol. The van der Waals surface area contributed by atoms with E-state index in [9.17, 15) is 4.79 Å². The van der Waals surface area contributed by atoms with Gasteiger partial charge in [-0.2, -0.15) is 0 Å². The predicted octanol–water partition coefficient (Wildman–Crippen LogP) is 4.00. The van der Waals surface area contributed by atoms with Crippen LogP contribution >= 0.6 is 27.7 Å². The van der Waals surface area contributed by atoms with Gasteiger partial charge in [0.1, 0.15) is 5.25 Å². The summed E-state index contributed by atoms with van der Waals surface area (Å²) in [4.78, 5) is 11.7. The molecule has 3 aromatic rings. The molecule has 0 saturated carbocycles. The van der Waals surface area contributed by atoms with Crippen LogP contribution in [0.15, 0.2) is 56.7 Å². The summed E-state index contributed by atoms with van der Waals surface area (Å²) in [5, 5.41) is 8.75. The third kappa shape index (κ3) is 4.13. The number of hydrogen-bond donors (Lipinski definition) is 0. The number of rotatable bonds is 6. The van der Waals surface area contributed by atoms with Crippen LogP contribution in [0.3, 0.4) is 0 Å². The molecule has 0 N–H and O–H groups in total. The number of carbonyl (C=O) groups excluding carboxylic acids is 1. The predicted molar refractivity (Wildman–Crippen MR) is 98.3 cm³/mol. The molecule has 0 aliphatic rings. The van der Waals surface area contributed by atoms with E-state index in [1.54, 1.807) is 13.0 Å². The maximum absolute atomic E-state index is 11.7. The molecular formula is C17H16BrN3O3S. The molecule has 2 heterocycles. The van der Waals surface area contributed by atoms with Crippen molar-refractivity contribution in [1.29, 1.82) is 0 Å². The largest absolute Gasteiger partial charge is 0.468 e. The van der Waals surface area contributed by atoms with Gasteiger partial charge in [0.15, 0.2) is 15.6 Å². The summed E-state index contributed by atoms with van der Waals surface area (Å²) < 4.78 is 13.0. The zero-order valence-electron chi connectivity index (χ0n) is 13.7. The van der Waals surface area contributed by atoms with Crippen LogP contribution in [0.5, 0.6) is 0 Å². The van der Waals surface area contributed by atoms with Gasteiger partial charge in [-0.1, -0.05) is 42.1 Å². The lowest BCUT2D eigenvalue weighted by atomic mass is 10.2. The number of hydrogen-bond acceptors (Lipinski definition) is 6. The van der Waals surface area contributed by atoms with Crippen molar-refractivity contribution in [3.63, 3.8) is 0 Å². The molecule has 2 aromatic heterocycles. The zero-order chi connectivity index (χ0) is 17.8. The van der Waals surface area contributed by atoms with Gasteiger partial charge in [-0.15, -0.1) is 10.2 Å². The first-order chi connectivity index (χ1) is 12.1. The summed E-state index contributed by atoms with van der Waals surface area (Å²) in [6.07, 6.45) is 0. The molecule has 1 aromatic carbocycles. The number of halogens is 1. The van der Waals surface area contributed by atoms with E-state index in [2.05, 4.69) is 26.1 Å². The summed E-state index contributed by atoms with van der Waals surface area (Å²) >= 11 is 4.61. The zero-order valence-corrected chi connectivity index (χ0v) is 16.1. The Kier molecular flexibility index (Phi) is 5.60. The number of thioether (sulfide) groups is 1. The Balaban J connectivity index is 1.97.